The Bertz CT molecular complexity index is 312. The van der Waals surface area contributed by atoms with E-state index in [0.717, 1.165) is 5.56 Å². The lowest BCUT2D eigenvalue weighted by molar-refractivity contribution is 0.0949. The van der Waals surface area contributed by atoms with Crippen LogP contribution < -0.4 is 11.3 Å². The van der Waals surface area contributed by atoms with E-state index in [2.05, 4.69) is 0 Å². The number of carbonyl (C=O) groups is 1. The Morgan fingerprint density at radius 3 is 2.83 bits per heavy atom. The fourth-order valence-electron chi connectivity index (χ4n) is 0.891. The van der Waals surface area contributed by atoms with Crippen molar-refractivity contribution in [3.8, 4) is 0 Å². The molecular formula is C8H9FN2O. The number of nitrogens with one attached hydrogen (secondary N) is 1. The Kier molecular flexibility index (Phi) is 2.40. The van der Waals surface area contributed by atoms with Crippen LogP contribution in [0.2, 0.25) is 0 Å². The van der Waals surface area contributed by atoms with Crippen molar-refractivity contribution in [2.45, 2.75) is 6.92 Å². The van der Waals surface area contributed by atoms with Crippen LogP contribution in [0.3, 0.4) is 0 Å². The molecule has 0 aromatic heterocycles. The summed E-state index contributed by atoms with van der Waals surface area (Å²) in [7, 11) is 0. The van der Waals surface area contributed by atoms with Crippen LogP contribution in [0.15, 0.2) is 18.2 Å². The summed E-state index contributed by atoms with van der Waals surface area (Å²) in [6.45, 7) is 1.77. The van der Waals surface area contributed by atoms with E-state index in [0.29, 0.717) is 0 Å². The average Bonchev–Trinajstić information content (AvgIpc) is 2.08. The van der Waals surface area contributed by atoms with Gasteiger partial charge in [0.25, 0.3) is 5.91 Å². The van der Waals surface area contributed by atoms with Gasteiger partial charge in [-0.1, -0.05) is 11.6 Å². The lowest BCUT2D eigenvalue weighted by Gasteiger charge is -2.01. The summed E-state index contributed by atoms with van der Waals surface area (Å²) < 4.78 is 12.9. The summed E-state index contributed by atoms with van der Waals surface area (Å²) in [4.78, 5) is 10.9. The molecule has 1 aromatic carbocycles. The third-order valence-electron chi connectivity index (χ3n) is 1.50. The van der Waals surface area contributed by atoms with E-state index in [1.54, 1.807) is 13.0 Å². The maximum Gasteiger partial charge on any atom is 0.268 e. The Hall–Kier alpha value is -1.42. The van der Waals surface area contributed by atoms with Crippen molar-refractivity contribution in [1.29, 1.82) is 0 Å². The predicted molar refractivity (Wildman–Crippen MR) is 42.8 cm³/mol. The van der Waals surface area contributed by atoms with E-state index in [9.17, 15) is 9.18 Å². The highest BCUT2D eigenvalue weighted by atomic mass is 19.1. The largest absolute Gasteiger partial charge is 0.290 e. The van der Waals surface area contributed by atoms with Crippen molar-refractivity contribution in [3.05, 3.63) is 35.1 Å². The minimum Gasteiger partial charge on any atom is -0.290 e. The average molecular weight is 168 g/mol. The van der Waals surface area contributed by atoms with Crippen LogP contribution in [0, 0.1) is 12.7 Å². The number of carbonyl (C=O) groups excluding carboxylic acids is 1. The molecule has 1 aromatic rings. The van der Waals surface area contributed by atoms with Gasteiger partial charge in [-0.05, 0) is 19.1 Å². The molecule has 0 heterocycles. The smallest absolute Gasteiger partial charge is 0.268 e. The second-order valence-corrected chi connectivity index (χ2v) is 2.46. The Morgan fingerprint density at radius 2 is 2.25 bits per heavy atom. The van der Waals surface area contributed by atoms with Crippen LogP contribution in [0.1, 0.15) is 15.9 Å². The normalized spacial score (nSPS) is 9.58. The topological polar surface area (TPSA) is 55.1 Å². The summed E-state index contributed by atoms with van der Waals surface area (Å²) in [6, 6.07) is 4.26. The first kappa shape index (κ1) is 8.67. The second kappa shape index (κ2) is 3.32. The molecule has 0 radical (unpaired) electrons. The van der Waals surface area contributed by atoms with Crippen LogP contribution in [0.5, 0.6) is 0 Å². The summed E-state index contributed by atoms with van der Waals surface area (Å²) in [5, 5.41) is 0. The van der Waals surface area contributed by atoms with Gasteiger partial charge in [-0.25, -0.2) is 10.2 Å². The first-order valence-corrected chi connectivity index (χ1v) is 3.42. The van der Waals surface area contributed by atoms with Crippen LogP contribution in [-0.2, 0) is 0 Å². The quantitative estimate of drug-likeness (QED) is 0.369. The maximum atomic E-state index is 12.9. The molecule has 64 valence electrons. The van der Waals surface area contributed by atoms with Crippen LogP contribution in [0.4, 0.5) is 4.39 Å². The van der Waals surface area contributed by atoms with Gasteiger partial charge >= 0.3 is 0 Å². The number of hydrazine groups is 1. The van der Waals surface area contributed by atoms with Crippen molar-refractivity contribution in [2.75, 3.05) is 0 Å². The molecule has 0 unspecified atom stereocenters. The number of aryl methyl sites for hydroxylation is 1. The summed E-state index contributed by atoms with van der Waals surface area (Å²) in [5.74, 6) is 3.68. The van der Waals surface area contributed by atoms with Crippen molar-refractivity contribution >= 4 is 5.91 Å². The monoisotopic (exact) mass is 168 g/mol. The zero-order valence-corrected chi connectivity index (χ0v) is 6.60. The Balaban J connectivity index is 3.13. The number of amides is 1. The molecule has 0 aliphatic heterocycles. The number of rotatable bonds is 1. The number of benzene rings is 1. The van der Waals surface area contributed by atoms with Gasteiger partial charge in [0.15, 0.2) is 0 Å². The molecule has 0 aliphatic rings. The van der Waals surface area contributed by atoms with E-state index in [1.165, 1.54) is 12.1 Å². The Morgan fingerprint density at radius 1 is 1.58 bits per heavy atom. The molecule has 0 atom stereocenters. The molecular weight excluding hydrogens is 159 g/mol. The van der Waals surface area contributed by atoms with Gasteiger partial charge in [0.05, 0.1) is 5.56 Å². The standard InChI is InChI=1S/C8H9FN2O/c1-5-2-3-7(9)6(4-5)8(12)11-10/h2-4H,10H2,1H3,(H,11,12). The molecule has 0 saturated heterocycles. The van der Waals surface area contributed by atoms with E-state index in [4.69, 9.17) is 5.84 Å². The third kappa shape index (κ3) is 1.60. The third-order valence-corrected chi connectivity index (χ3v) is 1.50. The van der Waals surface area contributed by atoms with Gasteiger partial charge < -0.3 is 0 Å². The zero-order valence-electron chi connectivity index (χ0n) is 6.60. The molecule has 0 fully saturated rings. The molecule has 0 aliphatic carbocycles. The highest BCUT2D eigenvalue weighted by Crippen LogP contribution is 2.08. The summed E-state index contributed by atoms with van der Waals surface area (Å²) in [6.07, 6.45) is 0. The lowest BCUT2D eigenvalue weighted by Crippen LogP contribution is -2.30. The van der Waals surface area contributed by atoms with Crippen LogP contribution in [0.25, 0.3) is 0 Å². The van der Waals surface area contributed by atoms with Crippen molar-refractivity contribution < 1.29 is 9.18 Å². The second-order valence-electron chi connectivity index (χ2n) is 2.46. The van der Waals surface area contributed by atoms with Crippen LogP contribution in [-0.4, -0.2) is 5.91 Å². The molecule has 0 spiro atoms. The SMILES string of the molecule is Cc1ccc(F)c(C(=O)NN)c1. The minimum atomic E-state index is -0.615. The highest BCUT2D eigenvalue weighted by Gasteiger charge is 2.09. The molecule has 0 bridgehead atoms. The van der Waals surface area contributed by atoms with Gasteiger partial charge in [-0.15, -0.1) is 0 Å². The van der Waals surface area contributed by atoms with E-state index < -0.39 is 11.7 Å². The van der Waals surface area contributed by atoms with Gasteiger partial charge in [0.1, 0.15) is 5.82 Å². The number of hydrogen-bond donors (Lipinski definition) is 2. The molecule has 0 saturated carbocycles. The maximum absolute atomic E-state index is 12.9. The zero-order chi connectivity index (χ0) is 9.14. The lowest BCUT2D eigenvalue weighted by atomic mass is 10.1. The predicted octanol–water partition coefficient (Wildman–Crippen LogP) is 0.738. The molecule has 1 rings (SSSR count). The fraction of sp³-hybridized carbons (Fsp3) is 0.125. The number of halogens is 1. The van der Waals surface area contributed by atoms with Crippen LogP contribution >= 0.6 is 0 Å². The van der Waals surface area contributed by atoms with E-state index >= 15 is 0 Å². The van der Waals surface area contributed by atoms with Crippen molar-refractivity contribution in [3.63, 3.8) is 0 Å². The summed E-state index contributed by atoms with van der Waals surface area (Å²) in [5.41, 5.74) is 2.66. The van der Waals surface area contributed by atoms with Crippen molar-refractivity contribution in [2.24, 2.45) is 5.84 Å². The van der Waals surface area contributed by atoms with Gasteiger partial charge in [-0.2, -0.15) is 0 Å². The number of nitrogens with two attached hydrogens (primary N) is 1. The molecule has 1 amide bonds. The molecule has 12 heavy (non-hydrogen) atoms. The fourth-order valence-corrected chi connectivity index (χ4v) is 0.891. The molecule has 4 heteroatoms. The first-order valence-electron chi connectivity index (χ1n) is 3.42. The van der Waals surface area contributed by atoms with E-state index in [-0.39, 0.29) is 5.56 Å². The summed E-state index contributed by atoms with van der Waals surface area (Å²) >= 11 is 0. The number of nitrogen functional groups attached to an aromatic ring is 1. The van der Waals surface area contributed by atoms with E-state index in [1.807, 2.05) is 5.43 Å². The Labute approximate surface area is 69.3 Å². The van der Waals surface area contributed by atoms with Crippen molar-refractivity contribution in [1.82, 2.24) is 5.43 Å². The molecule has 3 N–H and O–H groups in total. The van der Waals surface area contributed by atoms with Gasteiger partial charge in [-0.3, -0.25) is 10.2 Å². The molecule has 3 nitrogen and oxygen atoms in total. The van der Waals surface area contributed by atoms with Gasteiger partial charge in [0.2, 0.25) is 0 Å². The number of hydrogen-bond acceptors (Lipinski definition) is 2. The van der Waals surface area contributed by atoms with Gasteiger partial charge in [0, 0.05) is 0 Å². The first-order chi connectivity index (χ1) is 5.65. The highest BCUT2D eigenvalue weighted by molar-refractivity contribution is 5.94. The minimum absolute atomic E-state index is 0.0301.